The number of rotatable bonds is 6. The normalized spacial score (nSPS) is 14.2. The molecule has 0 rings (SSSR count). The summed E-state index contributed by atoms with van der Waals surface area (Å²) in [6.07, 6.45) is 1.27. The Balaban J connectivity index is 3.49. The van der Waals surface area contributed by atoms with Crippen molar-refractivity contribution in [3.05, 3.63) is 0 Å². The average Bonchev–Trinajstić information content (AvgIpc) is 2.11. The highest BCUT2D eigenvalue weighted by molar-refractivity contribution is 4.63. The van der Waals surface area contributed by atoms with Crippen LogP contribution in [0.25, 0.3) is 0 Å². The Morgan fingerprint density at radius 1 is 1.08 bits per heavy atom. The molecule has 0 aromatic heterocycles. The highest BCUT2D eigenvalue weighted by Gasteiger charge is 2.06. The molecule has 0 aromatic carbocycles. The molecule has 0 fully saturated rings. The molecule has 0 aliphatic heterocycles. The van der Waals surface area contributed by atoms with Crippen LogP contribution in [-0.2, 0) is 0 Å². The zero-order valence-electron chi connectivity index (χ0n) is 9.30. The Morgan fingerprint density at radius 2 is 1.67 bits per heavy atom. The number of nitrogens with zero attached hydrogens (tertiary/aromatic N) is 2. The van der Waals surface area contributed by atoms with Crippen molar-refractivity contribution in [1.29, 1.82) is 0 Å². The molecule has 0 N–H and O–H groups in total. The van der Waals surface area contributed by atoms with Gasteiger partial charge in [-0.2, -0.15) is 0 Å². The lowest BCUT2D eigenvalue weighted by molar-refractivity contribution is 0.229. The maximum Gasteiger partial charge on any atom is 0.00759 e. The third-order valence-corrected chi connectivity index (χ3v) is 2.72. The van der Waals surface area contributed by atoms with Crippen LogP contribution in [0.1, 0.15) is 27.2 Å². The van der Waals surface area contributed by atoms with E-state index in [-0.39, 0.29) is 0 Å². The Labute approximate surface area is 77.5 Å². The van der Waals surface area contributed by atoms with Crippen molar-refractivity contribution in [3.8, 4) is 0 Å². The largest absolute Gasteiger partial charge is 0.307 e. The van der Waals surface area contributed by atoms with E-state index >= 15 is 0 Å². The molecule has 0 bridgehead atoms. The second-order valence-corrected chi connectivity index (χ2v) is 3.61. The van der Waals surface area contributed by atoms with Gasteiger partial charge in [0.25, 0.3) is 0 Å². The molecule has 12 heavy (non-hydrogen) atoms. The summed E-state index contributed by atoms with van der Waals surface area (Å²) < 4.78 is 0. The van der Waals surface area contributed by atoms with Crippen LogP contribution in [0.4, 0.5) is 0 Å². The van der Waals surface area contributed by atoms with E-state index in [0.717, 1.165) is 13.1 Å². The molecule has 74 valence electrons. The molecule has 0 spiro atoms. The quantitative estimate of drug-likeness (QED) is 0.601. The van der Waals surface area contributed by atoms with Gasteiger partial charge >= 0.3 is 0 Å². The summed E-state index contributed by atoms with van der Waals surface area (Å²) in [5.74, 6) is 0. The van der Waals surface area contributed by atoms with Gasteiger partial charge in [-0.25, -0.2) is 0 Å². The van der Waals surface area contributed by atoms with Crippen molar-refractivity contribution < 1.29 is 0 Å². The lowest BCUT2D eigenvalue weighted by Gasteiger charge is -2.25. The maximum absolute atomic E-state index is 2.39. The van der Waals surface area contributed by atoms with Crippen LogP contribution in [0.15, 0.2) is 0 Å². The van der Waals surface area contributed by atoms with E-state index in [1.165, 1.54) is 13.0 Å². The highest BCUT2D eigenvalue weighted by atomic mass is 15.1. The molecule has 0 saturated carbocycles. The summed E-state index contributed by atoms with van der Waals surface area (Å²) in [6, 6.07) is 0.712. The van der Waals surface area contributed by atoms with E-state index < -0.39 is 0 Å². The lowest BCUT2D eigenvalue weighted by Crippen LogP contribution is -2.32. The molecular formula is C10H24N2. The molecule has 0 aliphatic rings. The minimum absolute atomic E-state index is 0.712. The third kappa shape index (κ3) is 4.73. The first-order chi connectivity index (χ1) is 5.61. The van der Waals surface area contributed by atoms with Crippen molar-refractivity contribution >= 4 is 0 Å². The van der Waals surface area contributed by atoms with Crippen molar-refractivity contribution in [2.75, 3.05) is 33.7 Å². The van der Waals surface area contributed by atoms with E-state index in [1.54, 1.807) is 0 Å². The van der Waals surface area contributed by atoms with Gasteiger partial charge in [0.15, 0.2) is 0 Å². The molecule has 0 radical (unpaired) electrons. The van der Waals surface area contributed by atoms with Crippen molar-refractivity contribution in [1.82, 2.24) is 9.80 Å². The Hall–Kier alpha value is -0.0800. The summed E-state index contributed by atoms with van der Waals surface area (Å²) in [5.41, 5.74) is 0. The average molecular weight is 172 g/mol. The van der Waals surface area contributed by atoms with Crippen LogP contribution in [0.3, 0.4) is 0 Å². The zero-order valence-corrected chi connectivity index (χ0v) is 9.30. The van der Waals surface area contributed by atoms with Gasteiger partial charge in [0, 0.05) is 6.04 Å². The van der Waals surface area contributed by atoms with Crippen LogP contribution in [0, 0.1) is 0 Å². The SMILES string of the molecule is CCN(C)CCC(C)N(C)CC. The molecule has 2 heteroatoms. The maximum atomic E-state index is 2.39. The fourth-order valence-corrected chi connectivity index (χ4v) is 1.10. The minimum atomic E-state index is 0.712. The Morgan fingerprint density at radius 3 is 2.08 bits per heavy atom. The fourth-order valence-electron chi connectivity index (χ4n) is 1.10. The standard InChI is InChI=1S/C10H24N2/c1-6-11(4)9-8-10(3)12(5)7-2/h10H,6-9H2,1-5H3. The topological polar surface area (TPSA) is 6.48 Å². The minimum Gasteiger partial charge on any atom is -0.307 e. The monoisotopic (exact) mass is 172 g/mol. The van der Waals surface area contributed by atoms with E-state index in [9.17, 15) is 0 Å². The van der Waals surface area contributed by atoms with Gasteiger partial charge in [0.1, 0.15) is 0 Å². The fraction of sp³-hybridized carbons (Fsp3) is 1.00. The van der Waals surface area contributed by atoms with Crippen molar-refractivity contribution in [2.24, 2.45) is 0 Å². The van der Waals surface area contributed by atoms with Crippen LogP contribution >= 0.6 is 0 Å². The van der Waals surface area contributed by atoms with Crippen LogP contribution in [-0.4, -0.2) is 49.6 Å². The second-order valence-electron chi connectivity index (χ2n) is 3.61. The first kappa shape index (κ1) is 11.9. The van der Waals surface area contributed by atoms with Crippen molar-refractivity contribution in [2.45, 2.75) is 33.2 Å². The van der Waals surface area contributed by atoms with Crippen LogP contribution in [0.5, 0.6) is 0 Å². The predicted molar refractivity (Wildman–Crippen MR) is 55.6 cm³/mol. The Kier molecular flexibility index (Phi) is 6.39. The highest BCUT2D eigenvalue weighted by Crippen LogP contribution is 2.01. The lowest BCUT2D eigenvalue weighted by atomic mass is 10.2. The zero-order chi connectivity index (χ0) is 9.56. The van der Waals surface area contributed by atoms with E-state index in [2.05, 4.69) is 44.7 Å². The molecule has 1 atom stereocenters. The predicted octanol–water partition coefficient (Wildman–Crippen LogP) is 1.67. The number of hydrogen-bond acceptors (Lipinski definition) is 2. The summed E-state index contributed by atoms with van der Waals surface area (Å²) in [5, 5.41) is 0. The molecule has 0 heterocycles. The van der Waals surface area contributed by atoms with E-state index in [4.69, 9.17) is 0 Å². The first-order valence-electron chi connectivity index (χ1n) is 5.00. The van der Waals surface area contributed by atoms with Gasteiger partial charge in [-0.1, -0.05) is 13.8 Å². The number of hydrogen-bond donors (Lipinski definition) is 0. The Bertz CT molecular complexity index is 104. The summed E-state index contributed by atoms with van der Waals surface area (Å²) in [6.45, 7) is 10.2. The van der Waals surface area contributed by atoms with Crippen LogP contribution in [0.2, 0.25) is 0 Å². The van der Waals surface area contributed by atoms with E-state index in [0.29, 0.717) is 6.04 Å². The van der Waals surface area contributed by atoms with Crippen molar-refractivity contribution in [3.63, 3.8) is 0 Å². The third-order valence-electron chi connectivity index (χ3n) is 2.72. The van der Waals surface area contributed by atoms with Gasteiger partial charge in [0.05, 0.1) is 0 Å². The summed E-state index contributed by atoms with van der Waals surface area (Å²) >= 11 is 0. The van der Waals surface area contributed by atoms with Gasteiger partial charge in [0.2, 0.25) is 0 Å². The van der Waals surface area contributed by atoms with Gasteiger partial charge < -0.3 is 9.80 Å². The van der Waals surface area contributed by atoms with Crippen LogP contribution < -0.4 is 0 Å². The molecule has 1 unspecified atom stereocenters. The molecule has 2 nitrogen and oxygen atoms in total. The first-order valence-corrected chi connectivity index (χ1v) is 5.00. The smallest absolute Gasteiger partial charge is 0.00759 e. The molecule has 0 aliphatic carbocycles. The van der Waals surface area contributed by atoms with E-state index in [1.807, 2.05) is 0 Å². The van der Waals surface area contributed by atoms with Gasteiger partial charge in [-0.3, -0.25) is 0 Å². The van der Waals surface area contributed by atoms with Gasteiger partial charge in [-0.05, 0) is 47.1 Å². The second kappa shape index (κ2) is 6.44. The molecular weight excluding hydrogens is 148 g/mol. The molecule has 0 saturated heterocycles. The molecule has 0 amide bonds. The summed E-state index contributed by atoms with van der Waals surface area (Å²) in [7, 11) is 4.37. The molecule has 0 aromatic rings. The summed E-state index contributed by atoms with van der Waals surface area (Å²) in [4.78, 5) is 4.75. The van der Waals surface area contributed by atoms with Gasteiger partial charge in [-0.15, -0.1) is 0 Å².